The van der Waals surface area contributed by atoms with Gasteiger partial charge in [0.2, 0.25) is 5.91 Å². The predicted molar refractivity (Wildman–Crippen MR) is 65.5 cm³/mol. The molecule has 1 aliphatic heterocycles. The van der Waals surface area contributed by atoms with E-state index in [0.29, 0.717) is 17.9 Å². The molecule has 0 bridgehead atoms. The van der Waals surface area contributed by atoms with Crippen LogP contribution in [0.25, 0.3) is 0 Å². The highest BCUT2D eigenvalue weighted by Crippen LogP contribution is 2.18. The van der Waals surface area contributed by atoms with E-state index in [-0.39, 0.29) is 5.91 Å². The molecule has 1 aromatic rings. The molecule has 0 radical (unpaired) electrons. The van der Waals surface area contributed by atoms with Gasteiger partial charge in [-0.3, -0.25) is 4.79 Å². The third-order valence-electron chi connectivity index (χ3n) is 2.98. The summed E-state index contributed by atoms with van der Waals surface area (Å²) >= 11 is 0. The first-order valence-corrected chi connectivity index (χ1v) is 5.70. The summed E-state index contributed by atoms with van der Waals surface area (Å²) in [5.41, 5.74) is 2.28. The topological polar surface area (TPSA) is 64.9 Å². The van der Waals surface area contributed by atoms with Crippen molar-refractivity contribution in [1.29, 1.82) is 5.26 Å². The second-order valence-electron chi connectivity index (χ2n) is 4.42. The lowest BCUT2D eigenvalue weighted by atomic mass is 9.99. The van der Waals surface area contributed by atoms with Gasteiger partial charge < -0.3 is 10.6 Å². The molecule has 0 saturated carbocycles. The normalized spacial score (nSPS) is 14.8. The lowest BCUT2D eigenvalue weighted by molar-refractivity contribution is -0.117. The first-order valence-electron chi connectivity index (χ1n) is 5.70. The Bertz CT molecular complexity index is 472. The third kappa shape index (κ3) is 2.83. The fraction of sp³-hybridized carbons (Fsp3) is 0.385. The summed E-state index contributed by atoms with van der Waals surface area (Å²) in [6.07, 6.45) is 0.545. The maximum atomic E-state index is 11.7. The van der Waals surface area contributed by atoms with Crippen molar-refractivity contribution in [3.63, 3.8) is 0 Å². The summed E-state index contributed by atoms with van der Waals surface area (Å²) in [5.74, 6) is 0.476. The molecule has 4 nitrogen and oxygen atoms in total. The van der Waals surface area contributed by atoms with Crippen LogP contribution in [-0.4, -0.2) is 19.0 Å². The van der Waals surface area contributed by atoms with Gasteiger partial charge in [-0.25, -0.2) is 0 Å². The van der Waals surface area contributed by atoms with Crippen molar-refractivity contribution in [3.8, 4) is 6.07 Å². The van der Waals surface area contributed by atoms with Gasteiger partial charge in [0.05, 0.1) is 11.6 Å². The first-order chi connectivity index (χ1) is 8.19. The van der Waals surface area contributed by atoms with Crippen LogP contribution in [0.2, 0.25) is 0 Å². The zero-order chi connectivity index (χ0) is 12.3. The molecule has 0 unspecified atom stereocenters. The Labute approximate surface area is 101 Å². The zero-order valence-corrected chi connectivity index (χ0v) is 9.79. The Hall–Kier alpha value is -1.86. The van der Waals surface area contributed by atoms with Crippen LogP contribution in [0.5, 0.6) is 0 Å². The number of hydrogen-bond donors (Lipinski definition) is 2. The summed E-state index contributed by atoms with van der Waals surface area (Å²) in [5, 5.41) is 14.8. The number of nitriles is 1. The van der Waals surface area contributed by atoms with Crippen molar-refractivity contribution >= 4 is 11.6 Å². The van der Waals surface area contributed by atoms with Gasteiger partial charge in [0.15, 0.2) is 0 Å². The number of amides is 1. The maximum absolute atomic E-state index is 11.7. The highest BCUT2D eigenvalue weighted by Gasteiger charge is 2.20. The van der Waals surface area contributed by atoms with Crippen LogP contribution in [0, 0.1) is 24.2 Å². The van der Waals surface area contributed by atoms with E-state index >= 15 is 0 Å². The first kappa shape index (κ1) is 11.6. The number of anilines is 1. The molecule has 17 heavy (non-hydrogen) atoms. The molecular formula is C13H15N3O. The van der Waals surface area contributed by atoms with Crippen molar-refractivity contribution in [3.05, 3.63) is 29.3 Å². The molecule has 0 spiro atoms. The number of nitrogens with one attached hydrogen (secondary N) is 2. The Kier molecular flexibility index (Phi) is 3.40. The number of nitrogens with zero attached hydrogens (tertiary/aromatic N) is 1. The van der Waals surface area contributed by atoms with Crippen LogP contribution in [0.1, 0.15) is 17.5 Å². The van der Waals surface area contributed by atoms with E-state index in [1.807, 2.05) is 13.0 Å². The second kappa shape index (κ2) is 4.98. The van der Waals surface area contributed by atoms with Crippen LogP contribution in [0.15, 0.2) is 18.2 Å². The molecule has 4 heteroatoms. The molecule has 1 fully saturated rings. The molecule has 0 aliphatic carbocycles. The Morgan fingerprint density at radius 2 is 2.35 bits per heavy atom. The number of benzene rings is 1. The van der Waals surface area contributed by atoms with E-state index in [1.165, 1.54) is 0 Å². The second-order valence-corrected chi connectivity index (χ2v) is 4.42. The minimum atomic E-state index is 0.0229. The van der Waals surface area contributed by atoms with E-state index in [0.717, 1.165) is 24.3 Å². The summed E-state index contributed by atoms with van der Waals surface area (Å²) in [4.78, 5) is 11.7. The highest BCUT2D eigenvalue weighted by molar-refractivity contribution is 5.91. The van der Waals surface area contributed by atoms with Crippen LogP contribution < -0.4 is 10.6 Å². The van der Waals surface area contributed by atoms with Crippen molar-refractivity contribution in [2.75, 3.05) is 18.4 Å². The van der Waals surface area contributed by atoms with Gasteiger partial charge >= 0.3 is 0 Å². The molecule has 1 aromatic carbocycles. The maximum Gasteiger partial charge on any atom is 0.224 e. The summed E-state index contributed by atoms with van der Waals surface area (Å²) in [7, 11) is 0. The molecule has 0 atom stereocenters. The Morgan fingerprint density at radius 1 is 1.59 bits per heavy atom. The molecule has 1 saturated heterocycles. The van der Waals surface area contributed by atoms with Crippen molar-refractivity contribution in [2.45, 2.75) is 13.3 Å². The number of rotatable bonds is 3. The smallest absolute Gasteiger partial charge is 0.224 e. The molecular weight excluding hydrogens is 214 g/mol. The fourth-order valence-electron chi connectivity index (χ4n) is 1.78. The summed E-state index contributed by atoms with van der Waals surface area (Å²) in [6.45, 7) is 3.76. The van der Waals surface area contributed by atoms with Crippen LogP contribution in [-0.2, 0) is 4.79 Å². The van der Waals surface area contributed by atoms with Crippen molar-refractivity contribution in [2.24, 2.45) is 5.92 Å². The zero-order valence-electron chi connectivity index (χ0n) is 9.79. The minimum Gasteiger partial charge on any atom is -0.326 e. The molecule has 88 valence electrons. The third-order valence-corrected chi connectivity index (χ3v) is 2.98. The molecule has 2 rings (SSSR count). The summed E-state index contributed by atoms with van der Waals surface area (Å²) in [6, 6.07) is 7.38. The van der Waals surface area contributed by atoms with Gasteiger partial charge in [0.1, 0.15) is 0 Å². The van der Waals surface area contributed by atoms with E-state index < -0.39 is 0 Å². The van der Waals surface area contributed by atoms with Crippen molar-refractivity contribution in [1.82, 2.24) is 5.32 Å². The number of carbonyl (C=O) groups excluding carboxylic acids is 1. The molecule has 1 heterocycles. The average molecular weight is 229 g/mol. The average Bonchev–Trinajstić information content (AvgIpc) is 2.27. The largest absolute Gasteiger partial charge is 0.326 e. The Morgan fingerprint density at radius 3 is 2.94 bits per heavy atom. The van der Waals surface area contributed by atoms with Gasteiger partial charge in [0.25, 0.3) is 0 Å². The summed E-state index contributed by atoms with van der Waals surface area (Å²) < 4.78 is 0. The molecule has 0 aromatic heterocycles. The standard InChI is InChI=1S/C13H15N3O/c1-9-2-3-10(6-14)4-12(9)16-13(17)5-11-7-15-8-11/h2-4,11,15H,5,7-8H2,1H3,(H,16,17). The number of aryl methyl sites for hydroxylation is 1. The van der Waals surface area contributed by atoms with Gasteiger partial charge in [-0.15, -0.1) is 0 Å². The van der Waals surface area contributed by atoms with E-state index in [2.05, 4.69) is 16.7 Å². The lowest BCUT2D eigenvalue weighted by Gasteiger charge is -2.26. The lowest BCUT2D eigenvalue weighted by Crippen LogP contribution is -2.43. The van der Waals surface area contributed by atoms with Crippen molar-refractivity contribution < 1.29 is 4.79 Å². The number of hydrogen-bond acceptors (Lipinski definition) is 3. The molecule has 1 amide bonds. The SMILES string of the molecule is Cc1ccc(C#N)cc1NC(=O)CC1CNC1. The highest BCUT2D eigenvalue weighted by atomic mass is 16.1. The van der Waals surface area contributed by atoms with Crippen LogP contribution >= 0.6 is 0 Å². The van der Waals surface area contributed by atoms with Crippen LogP contribution in [0.4, 0.5) is 5.69 Å². The fourth-order valence-corrected chi connectivity index (χ4v) is 1.78. The Balaban J connectivity index is 2.01. The van der Waals surface area contributed by atoms with Gasteiger partial charge in [0, 0.05) is 12.1 Å². The molecule has 1 aliphatic rings. The van der Waals surface area contributed by atoms with E-state index in [9.17, 15) is 4.79 Å². The van der Waals surface area contributed by atoms with Crippen LogP contribution in [0.3, 0.4) is 0 Å². The van der Waals surface area contributed by atoms with Gasteiger partial charge in [-0.2, -0.15) is 5.26 Å². The van der Waals surface area contributed by atoms with Gasteiger partial charge in [-0.1, -0.05) is 6.07 Å². The number of carbonyl (C=O) groups is 1. The van der Waals surface area contributed by atoms with E-state index in [1.54, 1.807) is 12.1 Å². The monoisotopic (exact) mass is 229 g/mol. The quantitative estimate of drug-likeness (QED) is 0.823. The predicted octanol–water partition coefficient (Wildman–Crippen LogP) is 1.41. The minimum absolute atomic E-state index is 0.0229. The van der Waals surface area contributed by atoms with Gasteiger partial charge in [-0.05, 0) is 43.6 Å². The molecule has 2 N–H and O–H groups in total. The van der Waals surface area contributed by atoms with E-state index in [4.69, 9.17) is 5.26 Å².